The fourth-order valence-electron chi connectivity index (χ4n) is 3.98. The molecule has 0 aliphatic heterocycles. The molecule has 0 fully saturated rings. The summed E-state index contributed by atoms with van der Waals surface area (Å²) >= 11 is 0. The molecule has 0 amide bonds. The third-order valence-corrected chi connectivity index (χ3v) is 5.47. The Kier molecular flexibility index (Phi) is 5.17. The minimum absolute atomic E-state index is 0.132. The van der Waals surface area contributed by atoms with Crippen LogP contribution in [0.25, 0.3) is 33.7 Å². The highest BCUT2D eigenvalue weighted by Gasteiger charge is 2.18. The molecule has 5 aromatic rings. The molecule has 7 heteroatoms. The number of hydrogen-bond acceptors (Lipinski definition) is 4. The zero-order valence-electron chi connectivity index (χ0n) is 18.4. The molecule has 1 N–H and O–H groups in total. The van der Waals surface area contributed by atoms with E-state index < -0.39 is 5.82 Å². The first-order valence-electron chi connectivity index (χ1n) is 10.7. The highest BCUT2D eigenvalue weighted by molar-refractivity contribution is 5.93. The number of halogens is 2. The van der Waals surface area contributed by atoms with Gasteiger partial charge in [-0.3, -0.25) is 0 Å². The number of para-hydroxylation sites is 1. The standard InChI is InChI=1S/C26H22F2N4O/c1-15(2)32-23-6-4-5-22(25(23)31-26(32)17-7-9-18(27)10-8-17)30-19-11-12-20(21(28)13-19)24-14-29-16(3)33-24/h4-15,30H,1-3H3. The molecule has 5 rings (SSSR count). The largest absolute Gasteiger partial charge is 0.441 e. The van der Waals surface area contributed by atoms with Crippen LogP contribution in [0.5, 0.6) is 0 Å². The second-order valence-corrected chi connectivity index (χ2v) is 8.14. The number of imidazole rings is 1. The van der Waals surface area contributed by atoms with Gasteiger partial charge in [0.25, 0.3) is 0 Å². The lowest BCUT2D eigenvalue weighted by Gasteiger charge is -2.13. The predicted molar refractivity (Wildman–Crippen MR) is 125 cm³/mol. The molecule has 0 saturated heterocycles. The van der Waals surface area contributed by atoms with E-state index in [0.717, 1.165) is 28.1 Å². The summed E-state index contributed by atoms with van der Waals surface area (Å²) in [5.74, 6) is 0.910. The Bertz CT molecular complexity index is 1450. The van der Waals surface area contributed by atoms with Crippen molar-refractivity contribution in [1.29, 1.82) is 0 Å². The van der Waals surface area contributed by atoms with Crippen LogP contribution < -0.4 is 5.32 Å². The highest BCUT2D eigenvalue weighted by atomic mass is 19.1. The number of aryl methyl sites for hydroxylation is 1. The van der Waals surface area contributed by atoms with Gasteiger partial charge in [0.15, 0.2) is 11.7 Å². The van der Waals surface area contributed by atoms with Gasteiger partial charge < -0.3 is 14.3 Å². The van der Waals surface area contributed by atoms with Gasteiger partial charge in [-0.15, -0.1) is 0 Å². The number of anilines is 2. The monoisotopic (exact) mass is 444 g/mol. The van der Waals surface area contributed by atoms with Gasteiger partial charge in [0.2, 0.25) is 0 Å². The third kappa shape index (κ3) is 3.86. The van der Waals surface area contributed by atoms with Crippen LogP contribution in [0.3, 0.4) is 0 Å². The minimum Gasteiger partial charge on any atom is -0.441 e. The summed E-state index contributed by atoms with van der Waals surface area (Å²) < 4.78 is 35.8. The zero-order chi connectivity index (χ0) is 23.1. The van der Waals surface area contributed by atoms with Crippen LogP contribution in [0.15, 0.2) is 71.3 Å². The van der Waals surface area contributed by atoms with Crippen molar-refractivity contribution < 1.29 is 13.2 Å². The Morgan fingerprint density at radius 2 is 1.79 bits per heavy atom. The number of aromatic nitrogens is 3. The Hall–Kier alpha value is -4.00. The molecule has 3 aromatic carbocycles. The number of hydrogen-bond donors (Lipinski definition) is 1. The van der Waals surface area contributed by atoms with E-state index in [1.807, 2.05) is 18.2 Å². The van der Waals surface area contributed by atoms with Crippen molar-refractivity contribution >= 4 is 22.4 Å². The first-order chi connectivity index (χ1) is 15.9. The Morgan fingerprint density at radius 1 is 1.00 bits per heavy atom. The summed E-state index contributed by atoms with van der Waals surface area (Å²) in [6.45, 7) is 5.87. The molecular weight excluding hydrogens is 422 g/mol. The Balaban J connectivity index is 1.56. The van der Waals surface area contributed by atoms with E-state index in [4.69, 9.17) is 9.40 Å². The summed E-state index contributed by atoms with van der Waals surface area (Å²) in [5, 5.41) is 3.29. The zero-order valence-corrected chi connectivity index (χ0v) is 18.4. The quantitative estimate of drug-likeness (QED) is 0.310. The number of benzene rings is 3. The second-order valence-electron chi connectivity index (χ2n) is 8.14. The Labute approximate surface area is 189 Å². The molecule has 0 bridgehead atoms. The van der Waals surface area contributed by atoms with Gasteiger partial charge in [0, 0.05) is 24.2 Å². The van der Waals surface area contributed by atoms with Crippen molar-refractivity contribution in [2.24, 2.45) is 0 Å². The average Bonchev–Trinajstić information content (AvgIpc) is 3.39. The fraction of sp³-hybridized carbons (Fsp3) is 0.154. The molecule has 166 valence electrons. The van der Waals surface area contributed by atoms with E-state index in [-0.39, 0.29) is 11.9 Å². The minimum atomic E-state index is -0.414. The van der Waals surface area contributed by atoms with Crippen LogP contribution in [-0.2, 0) is 0 Å². The number of rotatable bonds is 5. The van der Waals surface area contributed by atoms with Gasteiger partial charge >= 0.3 is 0 Å². The molecule has 0 saturated carbocycles. The third-order valence-electron chi connectivity index (χ3n) is 5.47. The maximum absolute atomic E-state index is 14.8. The summed E-state index contributed by atoms with van der Waals surface area (Å²) in [4.78, 5) is 8.91. The molecule has 0 spiro atoms. The van der Waals surface area contributed by atoms with Crippen LogP contribution in [-0.4, -0.2) is 14.5 Å². The lowest BCUT2D eigenvalue weighted by atomic mass is 10.1. The average molecular weight is 444 g/mol. The molecule has 0 atom stereocenters. The van der Waals surface area contributed by atoms with Crippen molar-refractivity contribution in [2.75, 3.05) is 5.32 Å². The maximum Gasteiger partial charge on any atom is 0.191 e. The van der Waals surface area contributed by atoms with Crippen molar-refractivity contribution in [3.8, 4) is 22.7 Å². The normalized spacial score (nSPS) is 11.5. The summed E-state index contributed by atoms with van der Waals surface area (Å²) in [5.41, 5.74) is 4.19. The van der Waals surface area contributed by atoms with Crippen molar-refractivity contribution in [3.05, 3.63) is 84.4 Å². The highest BCUT2D eigenvalue weighted by Crippen LogP contribution is 2.34. The first-order valence-corrected chi connectivity index (χ1v) is 10.7. The lowest BCUT2D eigenvalue weighted by molar-refractivity contribution is 0.528. The van der Waals surface area contributed by atoms with Crippen LogP contribution in [0.1, 0.15) is 25.8 Å². The first kappa shape index (κ1) is 20.9. The molecule has 0 unspecified atom stereocenters. The van der Waals surface area contributed by atoms with Crippen molar-refractivity contribution in [2.45, 2.75) is 26.8 Å². The number of fused-ring (bicyclic) bond motifs is 1. The van der Waals surface area contributed by atoms with Crippen LogP contribution >= 0.6 is 0 Å². The van der Waals surface area contributed by atoms with E-state index in [1.165, 1.54) is 24.4 Å². The van der Waals surface area contributed by atoms with Crippen molar-refractivity contribution in [3.63, 3.8) is 0 Å². The summed E-state index contributed by atoms with van der Waals surface area (Å²) in [7, 11) is 0. The molecule has 5 nitrogen and oxygen atoms in total. The number of nitrogens with one attached hydrogen (secondary N) is 1. The molecule has 0 radical (unpaired) electrons. The topological polar surface area (TPSA) is 55.9 Å². The number of nitrogens with zero attached hydrogens (tertiary/aromatic N) is 3. The van der Waals surface area contributed by atoms with E-state index in [0.29, 0.717) is 22.9 Å². The smallest absolute Gasteiger partial charge is 0.191 e. The fourth-order valence-corrected chi connectivity index (χ4v) is 3.98. The molecule has 2 aromatic heterocycles. The molecule has 0 aliphatic carbocycles. The van der Waals surface area contributed by atoms with Crippen LogP contribution in [0, 0.1) is 18.6 Å². The second kappa shape index (κ2) is 8.16. The van der Waals surface area contributed by atoms with Gasteiger partial charge in [-0.05, 0) is 68.4 Å². The lowest BCUT2D eigenvalue weighted by Crippen LogP contribution is -2.03. The van der Waals surface area contributed by atoms with E-state index in [9.17, 15) is 8.78 Å². The molecule has 0 aliphatic rings. The SMILES string of the molecule is Cc1ncc(-c2ccc(Nc3cccc4c3nc(-c3ccc(F)cc3)n4C(C)C)cc2F)o1. The maximum atomic E-state index is 14.8. The van der Waals surface area contributed by atoms with E-state index in [2.05, 4.69) is 28.7 Å². The molecule has 2 heterocycles. The van der Waals surface area contributed by atoms with Gasteiger partial charge in [-0.1, -0.05) is 6.07 Å². The van der Waals surface area contributed by atoms with Gasteiger partial charge in [0.1, 0.15) is 23.0 Å². The van der Waals surface area contributed by atoms with Crippen LogP contribution in [0.4, 0.5) is 20.2 Å². The van der Waals surface area contributed by atoms with E-state index >= 15 is 0 Å². The van der Waals surface area contributed by atoms with Crippen LogP contribution in [0.2, 0.25) is 0 Å². The molecular formula is C26H22F2N4O. The summed E-state index contributed by atoms with van der Waals surface area (Å²) in [6.07, 6.45) is 1.51. The van der Waals surface area contributed by atoms with Gasteiger partial charge in [-0.25, -0.2) is 18.7 Å². The summed E-state index contributed by atoms with van der Waals surface area (Å²) in [6, 6.07) is 17.1. The van der Waals surface area contributed by atoms with E-state index in [1.54, 1.807) is 31.2 Å². The molecule has 33 heavy (non-hydrogen) atoms. The van der Waals surface area contributed by atoms with Gasteiger partial charge in [-0.2, -0.15) is 0 Å². The van der Waals surface area contributed by atoms with Crippen molar-refractivity contribution in [1.82, 2.24) is 14.5 Å². The Morgan fingerprint density at radius 3 is 2.45 bits per heavy atom. The number of oxazole rings is 1. The predicted octanol–water partition coefficient (Wildman–Crippen LogP) is 7.27. The van der Waals surface area contributed by atoms with Gasteiger partial charge in [0.05, 0.1) is 23.0 Å².